The lowest BCUT2D eigenvalue weighted by Crippen LogP contribution is -2.18. The molecule has 104 valence electrons. The maximum Gasteiger partial charge on any atom is 0.251 e. The first-order valence-corrected chi connectivity index (χ1v) is 6.52. The van der Waals surface area contributed by atoms with E-state index in [-0.39, 0.29) is 5.91 Å². The largest absolute Gasteiger partial charge is 0.398 e. The number of nitrogens with two attached hydrogens (primary N) is 1. The Morgan fingerprint density at radius 1 is 1.20 bits per heavy atom. The second-order valence-corrected chi connectivity index (χ2v) is 4.66. The van der Waals surface area contributed by atoms with Crippen LogP contribution in [0.2, 0.25) is 0 Å². The van der Waals surface area contributed by atoms with E-state index in [1.165, 1.54) is 0 Å². The molecule has 4 nitrogen and oxygen atoms in total. The Balaban J connectivity index is 2.17. The fourth-order valence-corrected chi connectivity index (χ4v) is 1.98. The van der Waals surface area contributed by atoms with Gasteiger partial charge in [-0.3, -0.25) is 4.79 Å². The topological polar surface area (TPSA) is 67.2 Å². The van der Waals surface area contributed by atoms with Crippen molar-refractivity contribution in [1.29, 1.82) is 0 Å². The summed E-state index contributed by atoms with van der Waals surface area (Å²) in [5.74, 6) is -0.0905. The van der Waals surface area contributed by atoms with Crippen molar-refractivity contribution in [2.24, 2.45) is 0 Å². The number of anilines is 2. The fourth-order valence-electron chi connectivity index (χ4n) is 1.98. The molecule has 0 atom stereocenters. The van der Waals surface area contributed by atoms with E-state index < -0.39 is 0 Å². The lowest BCUT2D eigenvalue weighted by Gasteiger charge is -2.12. The third-order valence-electron chi connectivity index (χ3n) is 3.25. The summed E-state index contributed by atoms with van der Waals surface area (Å²) in [6, 6.07) is 13.3. The molecule has 0 aliphatic carbocycles. The fraction of sp³-hybridized carbons (Fsp3) is 0.188. The van der Waals surface area contributed by atoms with Crippen LogP contribution in [0.3, 0.4) is 0 Å². The first-order valence-electron chi connectivity index (χ1n) is 6.52. The van der Waals surface area contributed by atoms with Crippen LogP contribution in [-0.4, -0.2) is 13.0 Å². The van der Waals surface area contributed by atoms with Crippen LogP contribution in [0.1, 0.15) is 21.5 Å². The number of nitrogen functional groups attached to an aromatic ring is 1. The SMILES string of the molecule is CNC(=O)c1ccc(C)c(NCc2ccccc2N)c1. The molecule has 0 fully saturated rings. The second-order valence-electron chi connectivity index (χ2n) is 4.66. The van der Waals surface area contributed by atoms with Gasteiger partial charge in [0.1, 0.15) is 0 Å². The maximum absolute atomic E-state index is 11.6. The molecule has 1 amide bonds. The number of para-hydroxylation sites is 1. The van der Waals surface area contributed by atoms with Crippen LogP contribution in [0.5, 0.6) is 0 Å². The van der Waals surface area contributed by atoms with Crippen molar-refractivity contribution < 1.29 is 4.79 Å². The molecule has 0 saturated carbocycles. The number of carbonyl (C=O) groups excluding carboxylic acids is 1. The molecule has 0 heterocycles. The lowest BCUT2D eigenvalue weighted by atomic mass is 10.1. The molecule has 0 aromatic heterocycles. The van der Waals surface area contributed by atoms with E-state index in [0.717, 1.165) is 22.5 Å². The molecule has 2 aromatic rings. The zero-order chi connectivity index (χ0) is 14.5. The van der Waals surface area contributed by atoms with Gasteiger partial charge in [-0.15, -0.1) is 0 Å². The summed E-state index contributed by atoms with van der Waals surface area (Å²) in [6.45, 7) is 2.63. The molecule has 0 bridgehead atoms. The second kappa shape index (κ2) is 6.10. The van der Waals surface area contributed by atoms with Crippen LogP contribution in [-0.2, 0) is 6.54 Å². The van der Waals surface area contributed by atoms with Gasteiger partial charge in [-0.2, -0.15) is 0 Å². The summed E-state index contributed by atoms with van der Waals surface area (Å²) < 4.78 is 0. The zero-order valence-corrected chi connectivity index (χ0v) is 11.7. The number of benzene rings is 2. The van der Waals surface area contributed by atoms with Crippen LogP contribution >= 0.6 is 0 Å². The highest BCUT2D eigenvalue weighted by Gasteiger charge is 2.06. The molecule has 0 spiro atoms. The van der Waals surface area contributed by atoms with E-state index in [0.29, 0.717) is 12.1 Å². The van der Waals surface area contributed by atoms with E-state index in [9.17, 15) is 4.79 Å². The van der Waals surface area contributed by atoms with Crippen LogP contribution in [0.25, 0.3) is 0 Å². The summed E-state index contributed by atoms with van der Waals surface area (Å²) in [7, 11) is 1.62. The van der Waals surface area contributed by atoms with Crippen LogP contribution in [0, 0.1) is 6.92 Å². The summed E-state index contributed by atoms with van der Waals surface area (Å²) in [5.41, 5.74) is 10.4. The van der Waals surface area contributed by atoms with Gasteiger partial charge >= 0.3 is 0 Å². The molecule has 0 saturated heterocycles. The van der Waals surface area contributed by atoms with Crippen molar-refractivity contribution in [1.82, 2.24) is 5.32 Å². The molecule has 0 radical (unpaired) electrons. The van der Waals surface area contributed by atoms with Gasteiger partial charge in [-0.05, 0) is 36.2 Å². The number of rotatable bonds is 4. The molecule has 0 unspecified atom stereocenters. The summed E-state index contributed by atoms with van der Waals surface area (Å²) >= 11 is 0. The Hall–Kier alpha value is -2.49. The Labute approximate surface area is 119 Å². The highest BCUT2D eigenvalue weighted by atomic mass is 16.1. The van der Waals surface area contributed by atoms with Crippen molar-refractivity contribution in [3.63, 3.8) is 0 Å². The third kappa shape index (κ3) is 3.09. The van der Waals surface area contributed by atoms with Crippen LogP contribution in [0.15, 0.2) is 42.5 Å². The van der Waals surface area contributed by atoms with E-state index in [2.05, 4.69) is 10.6 Å². The molecule has 2 rings (SSSR count). The third-order valence-corrected chi connectivity index (χ3v) is 3.25. The smallest absolute Gasteiger partial charge is 0.251 e. The first-order chi connectivity index (χ1) is 9.61. The van der Waals surface area contributed by atoms with Crippen LogP contribution < -0.4 is 16.4 Å². The van der Waals surface area contributed by atoms with Crippen molar-refractivity contribution in [3.8, 4) is 0 Å². The number of aryl methyl sites for hydroxylation is 1. The number of hydrogen-bond acceptors (Lipinski definition) is 3. The highest BCUT2D eigenvalue weighted by molar-refractivity contribution is 5.95. The highest BCUT2D eigenvalue weighted by Crippen LogP contribution is 2.19. The van der Waals surface area contributed by atoms with Gasteiger partial charge < -0.3 is 16.4 Å². The van der Waals surface area contributed by atoms with Crippen molar-refractivity contribution in [2.45, 2.75) is 13.5 Å². The minimum absolute atomic E-state index is 0.0905. The van der Waals surface area contributed by atoms with Gasteiger partial charge in [0.15, 0.2) is 0 Å². The summed E-state index contributed by atoms with van der Waals surface area (Å²) in [5, 5.41) is 5.95. The van der Waals surface area contributed by atoms with Crippen molar-refractivity contribution in [3.05, 3.63) is 59.2 Å². The molecule has 2 aromatic carbocycles. The van der Waals surface area contributed by atoms with Gasteiger partial charge in [0.05, 0.1) is 0 Å². The Morgan fingerprint density at radius 3 is 2.65 bits per heavy atom. The van der Waals surface area contributed by atoms with Gasteiger partial charge in [0.2, 0.25) is 0 Å². The molecule has 20 heavy (non-hydrogen) atoms. The normalized spacial score (nSPS) is 10.1. The quantitative estimate of drug-likeness (QED) is 0.747. The predicted molar refractivity (Wildman–Crippen MR) is 82.8 cm³/mol. The van der Waals surface area contributed by atoms with Gasteiger partial charge in [0, 0.05) is 30.5 Å². The molecular weight excluding hydrogens is 250 g/mol. The molecule has 4 heteroatoms. The standard InChI is InChI=1S/C16H19N3O/c1-11-7-8-12(16(20)18-2)9-15(11)19-10-13-5-3-4-6-14(13)17/h3-9,19H,10,17H2,1-2H3,(H,18,20). The van der Waals surface area contributed by atoms with Gasteiger partial charge in [-0.25, -0.2) is 0 Å². The maximum atomic E-state index is 11.6. The summed E-state index contributed by atoms with van der Waals surface area (Å²) in [6.07, 6.45) is 0. The van der Waals surface area contributed by atoms with E-state index >= 15 is 0 Å². The molecule has 0 aliphatic rings. The minimum atomic E-state index is -0.0905. The Kier molecular flexibility index (Phi) is 4.25. The molecule has 4 N–H and O–H groups in total. The Bertz CT molecular complexity index is 623. The van der Waals surface area contributed by atoms with Gasteiger partial charge in [-0.1, -0.05) is 24.3 Å². The number of hydrogen-bond donors (Lipinski definition) is 3. The number of carbonyl (C=O) groups is 1. The van der Waals surface area contributed by atoms with Crippen molar-refractivity contribution >= 4 is 17.3 Å². The monoisotopic (exact) mass is 269 g/mol. The molecular formula is C16H19N3O. The summed E-state index contributed by atoms with van der Waals surface area (Å²) in [4.78, 5) is 11.6. The van der Waals surface area contributed by atoms with Crippen molar-refractivity contribution in [2.75, 3.05) is 18.1 Å². The Morgan fingerprint density at radius 2 is 1.95 bits per heavy atom. The minimum Gasteiger partial charge on any atom is -0.398 e. The zero-order valence-electron chi connectivity index (χ0n) is 11.7. The van der Waals surface area contributed by atoms with E-state index in [4.69, 9.17) is 5.73 Å². The lowest BCUT2D eigenvalue weighted by molar-refractivity contribution is 0.0963. The molecule has 0 aliphatic heterocycles. The number of nitrogens with one attached hydrogen (secondary N) is 2. The van der Waals surface area contributed by atoms with Crippen LogP contribution in [0.4, 0.5) is 11.4 Å². The van der Waals surface area contributed by atoms with E-state index in [1.54, 1.807) is 7.05 Å². The first kappa shape index (κ1) is 13.9. The van der Waals surface area contributed by atoms with Gasteiger partial charge in [0.25, 0.3) is 5.91 Å². The average molecular weight is 269 g/mol. The predicted octanol–water partition coefficient (Wildman–Crippen LogP) is 2.55. The number of amides is 1. The average Bonchev–Trinajstić information content (AvgIpc) is 2.47. The van der Waals surface area contributed by atoms with E-state index in [1.807, 2.05) is 49.4 Å².